The molecular weight excluding hydrogens is 450 g/mol. The minimum Gasteiger partial charge on any atom is -0.496 e. The maximum atomic E-state index is 13.2. The van der Waals surface area contributed by atoms with Gasteiger partial charge in [0.25, 0.3) is 5.91 Å². The quantitative estimate of drug-likeness (QED) is 0.306. The first-order valence-electron chi connectivity index (χ1n) is 11.0. The number of hydrogen-bond donors (Lipinski definition) is 1. The van der Waals surface area contributed by atoms with E-state index in [-0.39, 0.29) is 12.1 Å². The van der Waals surface area contributed by atoms with Gasteiger partial charge < -0.3 is 15.0 Å². The molecule has 0 saturated heterocycles. The second-order valence-electron chi connectivity index (χ2n) is 7.90. The Morgan fingerprint density at radius 3 is 2.76 bits per heavy atom. The normalized spacial score (nSPS) is 15.4. The molecule has 5 rings (SSSR count). The molecule has 0 radical (unpaired) electrons. The summed E-state index contributed by atoms with van der Waals surface area (Å²) in [4.78, 5) is 19.9. The molecule has 0 fully saturated rings. The minimum absolute atomic E-state index is 0.0671. The molecule has 5 nitrogen and oxygen atoms in total. The molecule has 1 aromatic heterocycles. The van der Waals surface area contributed by atoms with Crippen LogP contribution in [0.5, 0.6) is 5.75 Å². The topological polar surface area (TPSA) is 54.5 Å². The highest BCUT2D eigenvalue weighted by Gasteiger charge is 2.32. The van der Waals surface area contributed by atoms with Crippen LogP contribution in [0.1, 0.15) is 41.0 Å². The van der Waals surface area contributed by atoms with Gasteiger partial charge in [0.2, 0.25) is 0 Å². The monoisotopic (exact) mass is 475 g/mol. The van der Waals surface area contributed by atoms with Gasteiger partial charge in [0.1, 0.15) is 11.9 Å². The zero-order chi connectivity index (χ0) is 22.8. The molecule has 2 heterocycles. The highest BCUT2D eigenvalue weighted by Crippen LogP contribution is 2.37. The average Bonchev–Trinajstić information content (AvgIpc) is 3.27. The number of carbonyl (C=O) groups excluding carboxylic acids is 1. The molecule has 0 bridgehead atoms. The van der Waals surface area contributed by atoms with Crippen LogP contribution in [0.15, 0.2) is 71.1 Å². The second-order valence-corrected chi connectivity index (χ2v) is 10.2. The van der Waals surface area contributed by atoms with Crippen LogP contribution < -0.4 is 10.1 Å². The number of nitrogens with one attached hydrogen (secondary N) is 1. The predicted molar refractivity (Wildman–Crippen MR) is 136 cm³/mol. The van der Waals surface area contributed by atoms with E-state index in [0.29, 0.717) is 6.54 Å². The number of amides is 1. The number of ether oxygens (including phenoxy) is 1. The number of thioether (sulfide) groups is 1. The van der Waals surface area contributed by atoms with Crippen molar-refractivity contribution in [1.29, 1.82) is 0 Å². The van der Waals surface area contributed by atoms with E-state index in [1.165, 1.54) is 4.70 Å². The van der Waals surface area contributed by atoms with Crippen LogP contribution in [0.25, 0.3) is 10.2 Å². The Morgan fingerprint density at radius 1 is 1.12 bits per heavy atom. The van der Waals surface area contributed by atoms with Crippen molar-refractivity contribution in [2.75, 3.05) is 19.0 Å². The van der Waals surface area contributed by atoms with E-state index in [0.717, 1.165) is 50.2 Å². The van der Waals surface area contributed by atoms with Gasteiger partial charge in [0, 0.05) is 23.5 Å². The molecular formula is C26H25N3O2S2. The van der Waals surface area contributed by atoms with Gasteiger partial charge in [-0.3, -0.25) is 4.79 Å². The molecule has 33 heavy (non-hydrogen) atoms. The summed E-state index contributed by atoms with van der Waals surface area (Å²) in [6.07, 6.45) is 0.673. The summed E-state index contributed by atoms with van der Waals surface area (Å²) < 4.78 is 7.89. The number of para-hydroxylation sites is 2. The fourth-order valence-corrected chi connectivity index (χ4v) is 6.21. The van der Waals surface area contributed by atoms with Crippen molar-refractivity contribution in [2.24, 2.45) is 0 Å². The molecule has 1 aliphatic heterocycles. The summed E-state index contributed by atoms with van der Waals surface area (Å²) in [5.74, 6) is 1.65. The molecule has 7 heteroatoms. The van der Waals surface area contributed by atoms with Crippen molar-refractivity contribution in [3.8, 4) is 5.75 Å². The fourth-order valence-electron chi connectivity index (χ4n) is 4.16. The number of anilines is 1. The van der Waals surface area contributed by atoms with E-state index >= 15 is 0 Å². The summed E-state index contributed by atoms with van der Waals surface area (Å²) >= 11 is 3.42. The van der Waals surface area contributed by atoms with Crippen LogP contribution in [-0.4, -0.2) is 29.4 Å². The average molecular weight is 476 g/mol. The van der Waals surface area contributed by atoms with Gasteiger partial charge in [-0.05, 0) is 48.4 Å². The van der Waals surface area contributed by atoms with Gasteiger partial charge in [0.15, 0.2) is 4.34 Å². The van der Waals surface area contributed by atoms with Crippen molar-refractivity contribution in [3.05, 3.63) is 83.4 Å². The molecule has 3 aromatic carbocycles. The standard InChI is InChI=1S/C26H25N3O2S2/c1-3-14-29-24(27-20-9-5-4-8-19(20)25(29)30)17-12-13-22(31-2)18(15-17)16-32-26-28-21-10-6-7-11-23(21)33-26/h4-13,15,24,27H,3,14,16H2,1-2H3/t24-/m1/s1. The lowest BCUT2D eigenvalue weighted by molar-refractivity contribution is 0.0683. The predicted octanol–water partition coefficient (Wildman–Crippen LogP) is 6.57. The molecule has 0 aliphatic carbocycles. The Hall–Kier alpha value is -3.03. The highest BCUT2D eigenvalue weighted by atomic mass is 32.2. The smallest absolute Gasteiger partial charge is 0.257 e. The number of benzene rings is 3. The maximum Gasteiger partial charge on any atom is 0.257 e. The number of aromatic nitrogens is 1. The van der Waals surface area contributed by atoms with Crippen molar-refractivity contribution in [2.45, 2.75) is 29.6 Å². The summed E-state index contributed by atoms with van der Waals surface area (Å²) in [7, 11) is 1.70. The summed E-state index contributed by atoms with van der Waals surface area (Å²) in [5, 5.41) is 3.58. The maximum absolute atomic E-state index is 13.2. The molecule has 1 amide bonds. The van der Waals surface area contributed by atoms with Crippen LogP contribution in [0.2, 0.25) is 0 Å². The Labute approximate surface area is 201 Å². The Kier molecular flexibility index (Phi) is 6.24. The first-order valence-corrected chi connectivity index (χ1v) is 12.8. The Morgan fingerprint density at radius 2 is 1.94 bits per heavy atom. The molecule has 0 unspecified atom stereocenters. The van der Waals surface area contributed by atoms with Crippen LogP contribution in [0, 0.1) is 0 Å². The molecule has 1 N–H and O–H groups in total. The van der Waals surface area contributed by atoms with E-state index in [1.807, 2.05) is 59.5 Å². The van der Waals surface area contributed by atoms with E-state index in [2.05, 4.69) is 24.4 Å². The lowest BCUT2D eigenvalue weighted by atomic mass is 10.0. The fraction of sp³-hybridized carbons (Fsp3) is 0.231. The largest absolute Gasteiger partial charge is 0.496 e. The number of thiazole rings is 1. The number of nitrogens with zero attached hydrogens (tertiary/aromatic N) is 2. The molecule has 0 saturated carbocycles. The Balaban J connectivity index is 1.44. The molecule has 4 aromatic rings. The van der Waals surface area contributed by atoms with Gasteiger partial charge in [-0.1, -0.05) is 49.0 Å². The van der Waals surface area contributed by atoms with Crippen LogP contribution in [-0.2, 0) is 5.75 Å². The third-order valence-corrected chi connectivity index (χ3v) is 7.96. The first kappa shape index (κ1) is 21.8. The highest BCUT2D eigenvalue weighted by molar-refractivity contribution is 8.00. The van der Waals surface area contributed by atoms with Crippen LogP contribution >= 0.6 is 23.1 Å². The van der Waals surface area contributed by atoms with E-state index < -0.39 is 0 Å². The van der Waals surface area contributed by atoms with Crippen molar-refractivity contribution in [3.63, 3.8) is 0 Å². The second kappa shape index (κ2) is 9.45. The Bertz CT molecular complexity index is 1270. The third-order valence-electron chi connectivity index (χ3n) is 5.73. The van der Waals surface area contributed by atoms with Crippen molar-refractivity contribution >= 4 is 44.9 Å². The van der Waals surface area contributed by atoms with Crippen LogP contribution in [0.3, 0.4) is 0 Å². The SMILES string of the molecule is CCCN1C(=O)c2ccccc2N[C@H]1c1ccc(OC)c(CSc2nc3ccccc3s2)c1. The molecule has 168 valence electrons. The molecule has 1 aliphatic rings. The molecule has 0 spiro atoms. The van der Waals surface area contributed by atoms with Crippen LogP contribution in [0.4, 0.5) is 5.69 Å². The minimum atomic E-state index is -0.218. The zero-order valence-electron chi connectivity index (χ0n) is 18.6. The summed E-state index contributed by atoms with van der Waals surface area (Å²) in [5.41, 5.74) is 4.77. The zero-order valence-corrected chi connectivity index (χ0v) is 20.2. The third kappa shape index (κ3) is 4.30. The van der Waals surface area contributed by atoms with Gasteiger partial charge in [-0.2, -0.15) is 0 Å². The number of rotatable bonds is 7. The van der Waals surface area contributed by atoms with Gasteiger partial charge in [-0.15, -0.1) is 11.3 Å². The van der Waals surface area contributed by atoms with Gasteiger partial charge in [0.05, 0.1) is 22.9 Å². The van der Waals surface area contributed by atoms with Gasteiger partial charge in [-0.25, -0.2) is 4.98 Å². The summed E-state index contributed by atoms with van der Waals surface area (Å²) in [6, 6.07) is 22.1. The number of hydrogen-bond acceptors (Lipinski definition) is 6. The van der Waals surface area contributed by atoms with Crippen molar-refractivity contribution in [1.82, 2.24) is 9.88 Å². The lowest BCUT2D eigenvalue weighted by Crippen LogP contribution is -2.43. The van der Waals surface area contributed by atoms with Crippen molar-refractivity contribution < 1.29 is 9.53 Å². The lowest BCUT2D eigenvalue weighted by Gasteiger charge is -2.38. The summed E-state index contributed by atoms with van der Waals surface area (Å²) in [6.45, 7) is 2.78. The number of carbonyl (C=O) groups is 1. The number of methoxy groups -OCH3 is 1. The van der Waals surface area contributed by atoms with E-state index in [9.17, 15) is 4.79 Å². The van der Waals surface area contributed by atoms with E-state index in [4.69, 9.17) is 9.72 Å². The van der Waals surface area contributed by atoms with Gasteiger partial charge >= 0.3 is 0 Å². The first-order chi connectivity index (χ1) is 16.2. The van der Waals surface area contributed by atoms with E-state index in [1.54, 1.807) is 30.2 Å². The number of fused-ring (bicyclic) bond motifs is 2. The molecule has 1 atom stereocenters.